The standard InChI is InChI=1S/C18H18N2O2/c1-12-6-3-4-8-14(12)15(10-18(21)22)16-11-19-17-9-5-7-13(2)20(16)17/h3-9,11,15H,10H2,1-2H3,(H,21,22). The molecule has 1 unspecified atom stereocenters. The molecule has 0 amide bonds. The molecule has 0 bridgehead atoms. The number of carboxylic acids is 1. The summed E-state index contributed by atoms with van der Waals surface area (Å²) in [5.74, 6) is -1.02. The first-order valence-corrected chi connectivity index (χ1v) is 7.28. The second-order valence-corrected chi connectivity index (χ2v) is 5.55. The second kappa shape index (κ2) is 5.64. The number of imidazole rings is 1. The zero-order chi connectivity index (χ0) is 15.7. The van der Waals surface area contributed by atoms with Crippen molar-refractivity contribution in [2.75, 3.05) is 0 Å². The molecule has 3 aromatic rings. The van der Waals surface area contributed by atoms with Crippen molar-refractivity contribution in [1.29, 1.82) is 0 Å². The Bertz CT molecular complexity index is 836. The molecular formula is C18H18N2O2. The van der Waals surface area contributed by atoms with Crippen LogP contribution in [-0.2, 0) is 4.79 Å². The predicted octanol–water partition coefficient (Wildman–Crippen LogP) is 3.56. The van der Waals surface area contributed by atoms with Gasteiger partial charge in [-0.2, -0.15) is 0 Å². The lowest BCUT2D eigenvalue weighted by atomic mass is 9.89. The number of hydrogen-bond donors (Lipinski definition) is 1. The number of aryl methyl sites for hydroxylation is 2. The summed E-state index contributed by atoms with van der Waals surface area (Å²) in [5, 5.41) is 9.35. The quantitative estimate of drug-likeness (QED) is 0.800. The molecule has 22 heavy (non-hydrogen) atoms. The number of fused-ring (bicyclic) bond motifs is 1. The Kier molecular flexibility index (Phi) is 3.67. The van der Waals surface area contributed by atoms with Gasteiger partial charge in [0.1, 0.15) is 5.65 Å². The molecule has 3 rings (SSSR count). The summed E-state index contributed by atoms with van der Waals surface area (Å²) in [6, 6.07) is 13.8. The molecular weight excluding hydrogens is 276 g/mol. The van der Waals surface area contributed by atoms with Crippen molar-refractivity contribution in [2.45, 2.75) is 26.2 Å². The largest absolute Gasteiger partial charge is 0.481 e. The van der Waals surface area contributed by atoms with Crippen LogP contribution >= 0.6 is 0 Å². The molecule has 2 heterocycles. The number of benzene rings is 1. The van der Waals surface area contributed by atoms with Gasteiger partial charge in [-0.25, -0.2) is 4.98 Å². The first kappa shape index (κ1) is 14.3. The molecule has 4 nitrogen and oxygen atoms in total. The lowest BCUT2D eigenvalue weighted by molar-refractivity contribution is -0.137. The second-order valence-electron chi connectivity index (χ2n) is 5.55. The average Bonchev–Trinajstić information content (AvgIpc) is 2.91. The van der Waals surface area contributed by atoms with Gasteiger partial charge in [0.25, 0.3) is 0 Å². The van der Waals surface area contributed by atoms with Crippen molar-refractivity contribution in [3.63, 3.8) is 0 Å². The van der Waals surface area contributed by atoms with Crippen LogP contribution in [-0.4, -0.2) is 20.5 Å². The highest BCUT2D eigenvalue weighted by molar-refractivity contribution is 5.69. The van der Waals surface area contributed by atoms with E-state index in [0.717, 1.165) is 28.2 Å². The zero-order valence-corrected chi connectivity index (χ0v) is 12.7. The van der Waals surface area contributed by atoms with Crippen molar-refractivity contribution in [2.24, 2.45) is 0 Å². The molecule has 0 saturated heterocycles. The summed E-state index contributed by atoms with van der Waals surface area (Å²) in [5.41, 5.74) is 4.95. The molecule has 0 spiro atoms. The van der Waals surface area contributed by atoms with Gasteiger partial charge in [-0.05, 0) is 37.1 Å². The molecule has 0 aliphatic rings. The van der Waals surface area contributed by atoms with Gasteiger partial charge in [-0.15, -0.1) is 0 Å². The van der Waals surface area contributed by atoms with Gasteiger partial charge >= 0.3 is 5.97 Å². The van der Waals surface area contributed by atoms with Gasteiger partial charge in [0, 0.05) is 17.8 Å². The molecule has 1 N–H and O–H groups in total. The molecule has 0 aliphatic heterocycles. The summed E-state index contributed by atoms with van der Waals surface area (Å²) in [4.78, 5) is 15.8. The van der Waals surface area contributed by atoms with Crippen LogP contribution in [0.2, 0.25) is 0 Å². The number of aromatic nitrogens is 2. The summed E-state index contributed by atoms with van der Waals surface area (Å²) in [6.45, 7) is 4.02. The number of carbonyl (C=O) groups is 1. The van der Waals surface area contributed by atoms with Crippen LogP contribution in [0.1, 0.15) is 34.9 Å². The Balaban J connectivity index is 2.21. The number of carboxylic acid groups (broad SMARTS) is 1. The number of rotatable bonds is 4. The van der Waals surface area contributed by atoms with Gasteiger partial charge in [-0.3, -0.25) is 4.79 Å². The summed E-state index contributed by atoms with van der Waals surface area (Å²) in [7, 11) is 0. The molecule has 112 valence electrons. The highest BCUT2D eigenvalue weighted by Gasteiger charge is 2.23. The molecule has 0 fully saturated rings. The van der Waals surface area contributed by atoms with Crippen molar-refractivity contribution in [3.05, 3.63) is 71.2 Å². The van der Waals surface area contributed by atoms with E-state index in [2.05, 4.69) is 4.98 Å². The maximum Gasteiger partial charge on any atom is 0.304 e. The maximum absolute atomic E-state index is 11.4. The number of pyridine rings is 1. The fourth-order valence-electron chi connectivity index (χ4n) is 3.00. The Morgan fingerprint density at radius 2 is 1.95 bits per heavy atom. The Hall–Kier alpha value is -2.62. The third-order valence-electron chi connectivity index (χ3n) is 4.05. The molecule has 0 aliphatic carbocycles. The summed E-state index contributed by atoms with van der Waals surface area (Å²) >= 11 is 0. The molecule has 4 heteroatoms. The maximum atomic E-state index is 11.4. The van der Waals surface area contributed by atoms with Crippen LogP contribution in [0.4, 0.5) is 0 Å². The Morgan fingerprint density at radius 1 is 1.18 bits per heavy atom. The molecule has 1 aromatic carbocycles. The van der Waals surface area contributed by atoms with Gasteiger partial charge in [-0.1, -0.05) is 30.3 Å². The Morgan fingerprint density at radius 3 is 2.68 bits per heavy atom. The van der Waals surface area contributed by atoms with Crippen LogP contribution < -0.4 is 0 Å². The minimum atomic E-state index is -0.809. The monoisotopic (exact) mass is 294 g/mol. The van der Waals surface area contributed by atoms with E-state index in [1.54, 1.807) is 6.20 Å². The van der Waals surface area contributed by atoms with Gasteiger partial charge in [0.05, 0.1) is 12.1 Å². The van der Waals surface area contributed by atoms with Crippen LogP contribution in [0.15, 0.2) is 48.7 Å². The van der Waals surface area contributed by atoms with E-state index < -0.39 is 5.97 Å². The lowest BCUT2D eigenvalue weighted by Gasteiger charge is -2.18. The van der Waals surface area contributed by atoms with Crippen molar-refractivity contribution in [1.82, 2.24) is 9.38 Å². The minimum Gasteiger partial charge on any atom is -0.481 e. The number of nitrogens with zero attached hydrogens (tertiary/aromatic N) is 2. The molecule has 1 atom stereocenters. The van der Waals surface area contributed by atoms with Gasteiger partial charge < -0.3 is 9.51 Å². The van der Waals surface area contributed by atoms with E-state index in [0.29, 0.717) is 0 Å². The summed E-state index contributed by atoms with van der Waals surface area (Å²) < 4.78 is 2.04. The molecule has 2 aromatic heterocycles. The topological polar surface area (TPSA) is 54.6 Å². The van der Waals surface area contributed by atoms with E-state index >= 15 is 0 Å². The van der Waals surface area contributed by atoms with Crippen molar-refractivity contribution >= 4 is 11.6 Å². The van der Waals surface area contributed by atoms with Crippen LogP contribution in [0.5, 0.6) is 0 Å². The number of hydrogen-bond acceptors (Lipinski definition) is 2. The molecule has 0 radical (unpaired) electrons. The predicted molar refractivity (Wildman–Crippen MR) is 85.2 cm³/mol. The fraction of sp³-hybridized carbons (Fsp3) is 0.222. The normalized spacial score (nSPS) is 12.5. The fourth-order valence-corrected chi connectivity index (χ4v) is 3.00. The first-order valence-electron chi connectivity index (χ1n) is 7.28. The molecule has 0 saturated carbocycles. The third-order valence-corrected chi connectivity index (χ3v) is 4.05. The van der Waals surface area contributed by atoms with E-state index in [4.69, 9.17) is 0 Å². The van der Waals surface area contributed by atoms with E-state index in [1.807, 2.05) is 60.7 Å². The zero-order valence-electron chi connectivity index (χ0n) is 12.7. The van der Waals surface area contributed by atoms with Gasteiger partial charge in [0.15, 0.2) is 0 Å². The van der Waals surface area contributed by atoms with Crippen LogP contribution in [0.3, 0.4) is 0 Å². The van der Waals surface area contributed by atoms with E-state index in [1.165, 1.54) is 0 Å². The highest BCUT2D eigenvalue weighted by atomic mass is 16.4. The van der Waals surface area contributed by atoms with Crippen LogP contribution in [0.25, 0.3) is 5.65 Å². The van der Waals surface area contributed by atoms with Crippen molar-refractivity contribution < 1.29 is 9.90 Å². The van der Waals surface area contributed by atoms with E-state index in [9.17, 15) is 9.90 Å². The SMILES string of the molecule is Cc1ccccc1C(CC(=O)O)c1cnc2cccc(C)n12. The van der Waals surface area contributed by atoms with Crippen molar-refractivity contribution in [3.8, 4) is 0 Å². The third kappa shape index (κ3) is 2.48. The lowest BCUT2D eigenvalue weighted by Crippen LogP contribution is -2.12. The number of aliphatic carboxylic acids is 1. The van der Waals surface area contributed by atoms with E-state index in [-0.39, 0.29) is 12.3 Å². The summed E-state index contributed by atoms with van der Waals surface area (Å²) in [6.07, 6.45) is 1.84. The first-order chi connectivity index (χ1) is 10.6. The Labute approximate surface area is 129 Å². The minimum absolute atomic E-state index is 0.0486. The smallest absolute Gasteiger partial charge is 0.304 e. The van der Waals surface area contributed by atoms with Crippen LogP contribution in [0, 0.1) is 13.8 Å². The average molecular weight is 294 g/mol. The highest BCUT2D eigenvalue weighted by Crippen LogP contribution is 2.31. The van der Waals surface area contributed by atoms with Gasteiger partial charge in [0.2, 0.25) is 0 Å².